The first-order chi connectivity index (χ1) is 9.70. The fourth-order valence-electron chi connectivity index (χ4n) is 2.24. The minimum Gasteiger partial charge on any atom is -0.439 e. The lowest BCUT2D eigenvalue weighted by Gasteiger charge is -2.14. The summed E-state index contributed by atoms with van der Waals surface area (Å²) in [6.07, 6.45) is 0. The van der Waals surface area contributed by atoms with Crippen molar-refractivity contribution in [3.05, 3.63) is 60.0 Å². The van der Waals surface area contributed by atoms with Crippen molar-refractivity contribution in [2.75, 3.05) is 12.8 Å². The summed E-state index contributed by atoms with van der Waals surface area (Å²) in [5.74, 6) is 0.712. The van der Waals surface area contributed by atoms with Crippen molar-refractivity contribution in [2.24, 2.45) is 0 Å². The Labute approximate surface area is 117 Å². The highest BCUT2D eigenvalue weighted by Gasteiger charge is 2.09. The second-order valence-corrected chi connectivity index (χ2v) is 4.99. The molecule has 102 valence electrons. The number of benzene rings is 2. The number of oxazole rings is 1. The standard InChI is InChI=1S/C16H17N3O/c1-19(10-12-5-3-2-4-6-12)11-16-18-14-8-7-13(17)9-15(14)20-16/h2-9H,10-11,17H2,1H3. The number of nitrogens with two attached hydrogens (primary N) is 1. The zero-order valence-electron chi connectivity index (χ0n) is 11.4. The number of nitrogen functional groups attached to an aromatic ring is 1. The zero-order chi connectivity index (χ0) is 13.9. The van der Waals surface area contributed by atoms with Crippen LogP contribution in [0.2, 0.25) is 0 Å². The van der Waals surface area contributed by atoms with Gasteiger partial charge in [-0.15, -0.1) is 0 Å². The Bertz CT molecular complexity index is 706. The van der Waals surface area contributed by atoms with Crippen LogP contribution in [0.25, 0.3) is 11.1 Å². The Morgan fingerprint density at radius 1 is 1.10 bits per heavy atom. The molecule has 0 aliphatic rings. The molecular formula is C16H17N3O. The van der Waals surface area contributed by atoms with Crippen molar-refractivity contribution in [3.8, 4) is 0 Å². The molecule has 1 heterocycles. The minimum absolute atomic E-state index is 0.670. The first-order valence-electron chi connectivity index (χ1n) is 6.58. The van der Waals surface area contributed by atoms with Gasteiger partial charge in [0.1, 0.15) is 5.52 Å². The topological polar surface area (TPSA) is 55.3 Å². The first kappa shape index (κ1) is 12.7. The summed E-state index contributed by atoms with van der Waals surface area (Å²) >= 11 is 0. The molecule has 0 unspecified atom stereocenters. The number of fused-ring (bicyclic) bond motifs is 1. The van der Waals surface area contributed by atoms with E-state index >= 15 is 0 Å². The van der Waals surface area contributed by atoms with Crippen molar-refractivity contribution in [1.29, 1.82) is 0 Å². The van der Waals surface area contributed by atoms with E-state index in [1.54, 1.807) is 0 Å². The Kier molecular flexibility index (Phi) is 3.39. The first-order valence-corrected chi connectivity index (χ1v) is 6.58. The fraction of sp³-hybridized carbons (Fsp3) is 0.188. The van der Waals surface area contributed by atoms with E-state index in [0.717, 1.165) is 17.6 Å². The number of anilines is 1. The van der Waals surface area contributed by atoms with Gasteiger partial charge in [-0.25, -0.2) is 4.98 Å². The van der Waals surface area contributed by atoms with Crippen LogP contribution in [0.5, 0.6) is 0 Å². The van der Waals surface area contributed by atoms with Gasteiger partial charge in [-0.1, -0.05) is 30.3 Å². The molecule has 4 heteroatoms. The second-order valence-electron chi connectivity index (χ2n) is 4.99. The quantitative estimate of drug-likeness (QED) is 0.738. The lowest BCUT2D eigenvalue weighted by atomic mass is 10.2. The van der Waals surface area contributed by atoms with Crippen LogP contribution in [0.4, 0.5) is 5.69 Å². The number of nitrogens with zero attached hydrogens (tertiary/aromatic N) is 2. The monoisotopic (exact) mass is 267 g/mol. The maximum atomic E-state index is 5.74. The molecule has 0 amide bonds. The van der Waals surface area contributed by atoms with Gasteiger partial charge in [-0.3, -0.25) is 4.90 Å². The molecule has 0 spiro atoms. The maximum Gasteiger partial charge on any atom is 0.209 e. The van der Waals surface area contributed by atoms with Crippen molar-refractivity contribution >= 4 is 16.8 Å². The van der Waals surface area contributed by atoms with E-state index in [2.05, 4.69) is 29.1 Å². The zero-order valence-corrected chi connectivity index (χ0v) is 11.4. The fourth-order valence-corrected chi connectivity index (χ4v) is 2.24. The Balaban J connectivity index is 1.72. The summed E-state index contributed by atoms with van der Waals surface area (Å²) in [6.45, 7) is 1.53. The molecule has 0 bridgehead atoms. The highest BCUT2D eigenvalue weighted by atomic mass is 16.3. The van der Waals surface area contributed by atoms with E-state index in [1.807, 2.05) is 36.4 Å². The van der Waals surface area contributed by atoms with Gasteiger partial charge in [0.15, 0.2) is 5.58 Å². The molecule has 3 rings (SSSR count). The highest BCUT2D eigenvalue weighted by Crippen LogP contribution is 2.19. The van der Waals surface area contributed by atoms with Crippen LogP contribution in [0.3, 0.4) is 0 Å². The number of hydrogen-bond donors (Lipinski definition) is 1. The van der Waals surface area contributed by atoms with Gasteiger partial charge in [0.25, 0.3) is 0 Å². The van der Waals surface area contributed by atoms with E-state index in [1.165, 1.54) is 5.56 Å². The van der Waals surface area contributed by atoms with E-state index in [-0.39, 0.29) is 0 Å². The third-order valence-electron chi connectivity index (χ3n) is 3.16. The lowest BCUT2D eigenvalue weighted by Crippen LogP contribution is -2.17. The molecule has 0 saturated heterocycles. The number of rotatable bonds is 4. The van der Waals surface area contributed by atoms with Crippen LogP contribution >= 0.6 is 0 Å². The Morgan fingerprint density at radius 2 is 1.90 bits per heavy atom. The van der Waals surface area contributed by atoms with E-state index < -0.39 is 0 Å². The van der Waals surface area contributed by atoms with Gasteiger partial charge in [0.05, 0.1) is 6.54 Å². The van der Waals surface area contributed by atoms with Crippen molar-refractivity contribution in [2.45, 2.75) is 13.1 Å². The van der Waals surface area contributed by atoms with Gasteiger partial charge >= 0.3 is 0 Å². The second kappa shape index (κ2) is 5.35. The molecule has 0 aliphatic carbocycles. The summed E-state index contributed by atoms with van der Waals surface area (Å²) in [4.78, 5) is 6.64. The predicted molar refractivity (Wildman–Crippen MR) is 80.0 cm³/mol. The molecule has 0 fully saturated rings. The van der Waals surface area contributed by atoms with Crippen LogP contribution in [-0.2, 0) is 13.1 Å². The molecule has 0 radical (unpaired) electrons. The van der Waals surface area contributed by atoms with Gasteiger partial charge in [-0.2, -0.15) is 0 Å². The predicted octanol–water partition coefficient (Wildman–Crippen LogP) is 3.04. The van der Waals surface area contributed by atoms with Crippen molar-refractivity contribution in [3.63, 3.8) is 0 Å². The molecule has 20 heavy (non-hydrogen) atoms. The summed E-state index contributed by atoms with van der Waals surface area (Å²) in [6, 6.07) is 15.9. The summed E-state index contributed by atoms with van der Waals surface area (Å²) in [5.41, 5.74) is 9.30. The molecule has 3 aromatic rings. The SMILES string of the molecule is CN(Cc1ccccc1)Cc1nc2ccc(N)cc2o1. The summed E-state index contributed by atoms with van der Waals surface area (Å²) in [7, 11) is 2.05. The Hall–Kier alpha value is -2.33. The minimum atomic E-state index is 0.670. The molecule has 0 aliphatic heterocycles. The van der Waals surface area contributed by atoms with Crippen LogP contribution in [-0.4, -0.2) is 16.9 Å². The van der Waals surface area contributed by atoms with E-state index in [9.17, 15) is 0 Å². The normalized spacial score (nSPS) is 11.3. The highest BCUT2D eigenvalue weighted by molar-refractivity contribution is 5.76. The maximum absolute atomic E-state index is 5.74. The number of hydrogen-bond acceptors (Lipinski definition) is 4. The largest absolute Gasteiger partial charge is 0.439 e. The van der Waals surface area contributed by atoms with Crippen LogP contribution in [0.1, 0.15) is 11.5 Å². The van der Waals surface area contributed by atoms with Gasteiger partial charge in [0.2, 0.25) is 5.89 Å². The van der Waals surface area contributed by atoms with Crippen LogP contribution in [0, 0.1) is 0 Å². The average Bonchev–Trinajstić information content (AvgIpc) is 2.80. The van der Waals surface area contributed by atoms with Crippen LogP contribution in [0.15, 0.2) is 52.9 Å². The Morgan fingerprint density at radius 3 is 2.70 bits per heavy atom. The van der Waals surface area contributed by atoms with Crippen LogP contribution < -0.4 is 5.73 Å². The molecule has 4 nitrogen and oxygen atoms in total. The summed E-state index contributed by atoms with van der Waals surface area (Å²) in [5, 5.41) is 0. The molecular weight excluding hydrogens is 250 g/mol. The van der Waals surface area contributed by atoms with Crippen molar-refractivity contribution < 1.29 is 4.42 Å². The molecule has 1 aromatic heterocycles. The molecule has 2 aromatic carbocycles. The smallest absolute Gasteiger partial charge is 0.209 e. The van der Waals surface area contributed by atoms with Gasteiger partial charge in [-0.05, 0) is 24.7 Å². The molecule has 0 atom stereocenters. The molecule has 2 N–H and O–H groups in total. The number of aromatic nitrogens is 1. The third-order valence-corrected chi connectivity index (χ3v) is 3.16. The average molecular weight is 267 g/mol. The molecule has 0 saturated carbocycles. The van der Waals surface area contributed by atoms with E-state index in [4.69, 9.17) is 10.2 Å². The van der Waals surface area contributed by atoms with E-state index in [0.29, 0.717) is 18.1 Å². The van der Waals surface area contributed by atoms with Gasteiger partial charge < -0.3 is 10.2 Å². The summed E-state index contributed by atoms with van der Waals surface area (Å²) < 4.78 is 5.72. The van der Waals surface area contributed by atoms with Gasteiger partial charge in [0, 0.05) is 18.3 Å². The lowest BCUT2D eigenvalue weighted by molar-refractivity contribution is 0.285. The third kappa shape index (κ3) is 2.81. The van der Waals surface area contributed by atoms with Crippen molar-refractivity contribution in [1.82, 2.24) is 9.88 Å².